The van der Waals surface area contributed by atoms with Crippen molar-refractivity contribution in [2.45, 2.75) is 12.4 Å². The topological polar surface area (TPSA) is 74.8 Å². The number of ether oxygens (including phenoxy) is 2. The van der Waals surface area contributed by atoms with Crippen LogP contribution in [-0.4, -0.2) is 0 Å². The normalized spacial score (nSPS) is 12.7. The highest BCUT2D eigenvalue weighted by Gasteiger charge is 2.32. The van der Waals surface area contributed by atoms with Gasteiger partial charge in [-0.15, -0.1) is 0 Å². The van der Waals surface area contributed by atoms with Crippen LogP contribution in [0, 0.1) is 35.8 Å². The summed E-state index contributed by atoms with van der Waals surface area (Å²) in [6.45, 7) is 15.1. The van der Waals surface area contributed by atoms with Crippen LogP contribution in [-0.2, 0) is 12.4 Å². The van der Waals surface area contributed by atoms with Gasteiger partial charge in [-0.2, -0.15) is 26.3 Å². The Morgan fingerprint density at radius 1 is 0.619 bits per heavy atom. The van der Waals surface area contributed by atoms with Crippen LogP contribution in [0.2, 0.25) is 0 Å². The molecule has 6 nitrogen and oxygen atoms in total. The van der Waals surface area contributed by atoms with Crippen LogP contribution in [0.25, 0.3) is 31.9 Å². The van der Waals surface area contributed by atoms with E-state index in [2.05, 4.69) is 9.69 Å². The van der Waals surface area contributed by atoms with Gasteiger partial charge in [-0.1, -0.05) is 36.4 Å². The number of benzene rings is 4. The second kappa shape index (κ2) is 11.3. The minimum absolute atomic E-state index is 0.0924. The van der Waals surface area contributed by atoms with E-state index in [0.29, 0.717) is 12.1 Å². The molecule has 4 aromatic rings. The highest BCUT2D eigenvalue weighted by Crippen LogP contribution is 2.38. The summed E-state index contributed by atoms with van der Waals surface area (Å²) in [5.41, 5.74) is -3.42. The monoisotopic (exact) mass is 574 g/mol. The predicted octanol–water partition coefficient (Wildman–Crippen LogP) is 7.56. The van der Waals surface area contributed by atoms with Crippen LogP contribution in [0.15, 0.2) is 72.8 Å². The lowest BCUT2D eigenvalue weighted by molar-refractivity contribution is -0.138. The Kier molecular flexibility index (Phi) is 7.77. The molecule has 0 atom stereocenters. The minimum Gasteiger partial charge on any atom is -0.454 e. The molecular formula is C30H12F6N4O2. The van der Waals surface area contributed by atoms with Crippen LogP contribution < -0.4 is 19.9 Å². The number of hydrogen-bond donors (Lipinski definition) is 0. The summed E-state index contributed by atoms with van der Waals surface area (Å²) in [6.07, 6.45) is -9.55. The molecule has 0 aliphatic rings. The average molecular weight is 574 g/mol. The fourth-order valence-electron chi connectivity index (χ4n) is 4.04. The molecule has 0 aromatic heterocycles. The van der Waals surface area contributed by atoms with Crippen LogP contribution in [0.5, 0.6) is 23.0 Å². The second-order valence-electron chi connectivity index (χ2n) is 8.35. The number of nitriles is 2. The quantitative estimate of drug-likeness (QED) is 0.186. The Labute approximate surface area is 233 Å². The van der Waals surface area contributed by atoms with Gasteiger partial charge in [0.2, 0.25) is 0 Å². The van der Waals surface area contributed by atoms with E-state index in [1.165, 1.54) is 24.3 Å². The molecule has 0 saturated heterocycles. The van der Waals surface area contributed by atoms with Crippen molar-refractivity contribution >= 4 is 22.2 Å². The lowest BCUT2D eigenvalue weighted by Gasteiger charge is -2.18. The van der Waals surface area contributed by atoms with Crippen molar-refractivity contribution in [2.24, 2.45) is 0 Å². The van der Waals surface area contributed by atoms with E-state index in [4.69, 9.17) is 22.6 Å². The Bertz CT molecular complexity index is 1840. The third kappa shape index (κ3) is 5.65. The smallest absolute Gasteiger partial charge is 0.416 e. The highest BCUT2D eigenvalue weighted by atomic mass is 19.4. The van der Waals surface area contributed by atoms with Crippen molar-refractivity contribution in [1.82, 2.24) is 0 Å². The van der Waals surface area contributed by atoms with E-state index in [0.717, 1.165) is 36.4 Å². The largest absolute Gasteiger partial charge is 0.454 e. The fraction of sp³-hybridized carbons (Fsp3) is 0.0667. The molecule has 42 heavy (non-hydrogen) atoms. The lowest BCUT2D eigenvalue weighted by atomic mass is 10.0. The summed E-state index contributed by atoms with van der Waals surface area (Å²) in [5.74, 6) is -2.01. The molecule has 0 spiro atoms. The van der Waals surface area contributed by atoms with Crippen molar-refractivity contribution in [3.8, 4) is 35.1 Å². The zero-order chi connectivity index (χ0) is 30.7. The Hall–Kier alpha value is -5.98. The first-order valence-corrected chi connectivity index (χ1v) is 11.5. The number of alkyl halides is 6. The second-order valence-corrected chi connectivity index (χ2v) is 8.35. The third-order valence-electron chi connectivity index (χ3n) is 5.80. The number of nitrogens with zero attached hydrogens (tertiary/aromatic N) is 4. The van der Waals surface area contributed by atoms with Crippen LogP contribution >= 0.6 is 0 Å². The van der Waals surface area contributed by atoms with Gasteiger partial charge in [0.15, 0.2) is 11.5 Å². The molecule has 4 aromatic carbocycles. The molecule has 0 radical (unpaired) electrons. The minimum atomic E-state index is -4.78. The molecular weight excluding hydrogens is 562 g/mol. The SMILES string of the molecule is [C-]#[N+]/C(C#N)=c1/c(Oc2cccc(C(F)(F)F)c2)c(Oc2cccc(C(F)(F)F)c2)/c(=C(\C#N)[N+]#[C-])c2ccccc12. The molecule has 0 fully saturated rings. The summed E-state index contributed by atoms with van der Waals surface area (Å²) in [5, 5.41) is 19.2. The Balaban J connectivity index is 2.23. The molecule has 0 N–H and O–H groups in total. The lowest BCUT2D eigenvalue weighted by Crippen LogP contribution is -2.21. The maximum atomic E-state index is 13.5. The number of fused-ring (bicyclic) bond motifs is 1. The van der Waals surface area contributed by atoms with E-state index in [-0.39, 0.29) is 21.2 Å². The van der Waals surface area contributed by atoms with Gasteiger partial charge in [0.1, 0.15) is 11.5 Å². The van der Waals surface area contributed by atoms with Gasteiger partial charge in [-0.3, -0.25) is 0 Å². The number of rotatable bonds is 4. The van der Waals surface area contributed by atoms with Gasteiger partial charge in [-0.05, 0) is 47.2 Å². The first-order chi connectivity index (χ1) is 19.9. The summed E-state index contributed by atoms with van der Waals surface area (Å²) in [6, 6.07) is 16.3. The summed E-state index contributed by atoms with van der Waals surface area (Å²) < 4.78 is 92.4. The van der Waals surface area contributed by atoms with Gasteiger partial charge < -0.3 is 9.47 Å². The summed E-state index contributed by atoms with van der Waals surface area (Å²) in [4.78, 5) is 6.41. The molecule has 0 heterocycles. The van der Waals surface area contributed by atoms with Gasteiger partial charge >= 0.3 is 12.4 Å². The maximum Gasteiger partial charge on any atom is 0.416 e. The third-order valence-corrected chi connectivity index (χ3v) is 5.80. The van der Waals surface area contributed by atoms with Crippen molar-refractivity contribution in [3.63, 3.8) is 0 Å². The number of halogens is 6. The maximum absolute atomic E-state index is 13.5. The van der Waals surface area contributed by atoms with Gasteiger partial charge in [0.05, 0.1) is 36.4 Å². The average Bonchev–Trinajstić information content (AvgIpc) is 2.96. The van der Waals surface area contributed by atoms with Crippen LogP contribution in [0.1, 0.15) is 11.1 Å². The van der Waals surface area contributed by atoms with E-state index in [1.807, 2.05) is 0 Å². The number of hydrogen-bond acceptors (Lipinski definition) is 4. The molecule has 0 bridgehead atoms. The molecule has 0 aliphatic carbocycles. The molecule has 206 valence electrons. The molecule has 4 rings (SSSR count). The van der Waals surface area contributed by atoms with Crippen LogP contribution in [0.4, 0.5) is 26.3 Å². The summed E-state index contributed by atoms with van der Waals surface area (Å²) >= 11 is 0. The van der Waals surface area contributed by atoms with E-state index in [9.17, 15) is 36.9 Å². The van der Waals surface area contributed by atoms with Crippen molar-refractivity contribution in [1.29, 1.82) is 10.5 Å². The van der Waals surface area contributed by atoms with E-state index in [1.54, 1.807) is 12.1 Å². The van der Waals surface area contributed by atoms with Crippen LogP contribution in [0.3, 0.4) is 0 Å². The first-order valence-electron chi connectivity index (χ1n) is 11.5. The van der Waals surface area contributed by atoms with Crippen molar-refractivity contribution in [3.05, 3.63) is 117 Å². The molecule has 0 aliphatic heterocycles. The zero-order valence-electron chi connectivity index (χ0n) is 20.8. The summed E-state index contributed by atoms with van der Waals surface area (Å²) in [7, 11) is 0. The molecule has 0 saturated carbocycles. The molecule has 0 amide bonds. The highest BCUT2D eigenvalue weighted by molar-refractivity contribution is 5.94. The van der Waals surface area contributed by atoms with Gasteiger partial charge in [-0.25, -0.2) is 20.2 Å². The van der Waals surface area contributed by atoms with E-state index < -0.39 is 57.9 Å². The molecule has 12 heteroatoms. The van der Waals surface area contributed by atoms with E-state index >= 15 is 0 Å². The fourth-order valence-corrected chi connectivity index (χ4v) is 4.04. The standard InChI is InChI=1S/C30H12F6N4O2/c1-39-23(15-37)25-21-11-3-4-12-22(21)26(24(16-38)40-2)28(42-20-10-6-8-18(14-20)30(34,35)36)27(25)41-19-9-5-7-17(13-19)29(31,32)33/h3-14H/b25-23+,26-24+. The van der Waals surface area contributed by atoms with Gasteiger partial charge in [0.25, 0.3) is 11.4 Å². The van der Waals surface area contributed by atoms with Gasteiger partial charge in [0, 0.05) is 10.4 Å². The molecule has 0 unspecified atom stereocenters. The Morgan fingerprint density at radius 2 is 1.00 bits per heavy atom. The predicted molar refractivity (Wildman–Crippen MR) is 137 cm³/mol. The Morgan fingerprint density at radius 3 is 1.31 bits per heavy atom. The first kappa shape index (κ1) is 29.0. The van der Waals surface area contributed by atoms with Crippen molar-refractivity contribution in [2.75, 3.05) is 0 Å². The van der Waals surface area contributed by atoms with Crippen molar-refractivity contribution < 1.29 is 35.8 Å². The zero-order valence-corrected chi connectivity index (χ0v) is 20.8.